The summed E-state index contributed by atoms with van der Waals surface area (Å²) in [5.41, 5.74) is 8.17. The van der Waals surface area contributed by atoms with E-state index in [1.807, 2.05) is 24.1 Å². The second-order valence-corrected chi connectivity index (χ2v) is 6.82. The van der Waals surface area contributed by atoms with Crippen molar-refractivity contribution in [2.45, 2.75) is 26.7 Å². The Hall–Kier alpha value is -1.39. The van der Waals surface area contributed by atoms with Crippen LogP contribution in [0.4, 0.5) is 5.69 Å². The van der Waals surface area contributed by atoms with Crippen LogP contribution in [-0.4, -0.2) is 44.0 Å². The second kappa shape index (κ2) is 6.58. The van der Waals surface area contributed by atoms with E-state index in [1.165, 1.54) is 5.56 Å². The zero-order chi connectivity index (χ0) is 15.5. The lowest BCUT2D eigenvalue weighted by molar-refractivity contribution is -0.119. The number of nitrogens with two attached hydrogens (primary N) is 1. The fourth-order valence-corrected chi connectivity index (χ4v) is 2.96. The molecule has 4 nitrogen and oxygen atoms in total. The molecule has 0 spiro atoms. The summed E-state index contributed by atoms with van der Waals surface area (Å²) in [5.74, 6) is 0.178. The highest BCUT2D eigenvalue weighted by molar-refractivity contribution is 5.95. The van der Waals surface area contributed by atoms with Gasteiger partial charge in [-0.15, -0.1) is 0 Å². The van der Waals surface area contributed by atoms with Crippen molar-refractivity contribution in [3.63, 3.8) is 0 Å². The largest absolute Gasteiger partial charge is 0.330 e. The molecular formula is C17H27N3O. The van der Waals surface area contributed by atoms with Gasteiger partial charge in [-0.2, -0.15) is 0 Å². The van der Waals surface area contributed by atoms with Crippen LogP contribution in [-0.2, 0) is 11.2 Å². The van der Waals surface area contributed by atoms with Gasteiger partial charge in [-0.25, -0.2) is 0 Å². The van der Waals surface area contributed by atoms with E-state index in [9.17, 15) is 4.79 Å². The van der Waals surface area contributed by atoms with Crippen LogP contribution in [0.1, 0.15) is 25.8 Å². The van der Waals surface area contributed by atoms with Crippen molar-refractivity contribution in [3.05, 3.63) is 29.8 Å². The summed E-state index contributed by atoms with van der Waals surface area (Å²) in [6.07, 6.45) is 2.11. The highest BCUT2D eigenvalue weighted by atomic mass is 16.2. The minimum atomic E-state index is 0.0365. The number of nitrogens with zero attached hydrogens (tertiary/aromatic N) is 2. The van der Waals surface area contributed by atoms with Crippen molar-refractivity contribution < 1.29 is 4.79 Å². The highest BCUT2D eigenvalue weighted by Gasteiger charge is 2.25. The zero-order valence-electron chi connectivity index (χ0n) is 13.4. The molecule has 116 valence electrons. The van der Waals surface area contributed by atoms with Gasteiger partial charge < -0.3 is 10.6 Å². The third kappa shape index (κ3) is 4.05. The van der Waals surface area contributed by atoms with E-state index in [4.69, 9.17) is 5.73 Å². The zero-order valence-corrected chi connectivity index (χ0v) is 13.4. The van der Waals surface area contributed by atoms with Crippen molar-refractivity contribution in [2.75, 3.05) is 38.1 Å². The molecule has 2 N–H and O–H groups in total. The number of rotatable bonds is 5. The first-order valence-corrected chi connectivity index (χ1v) is 7.70. The molecule has 4 heteroatoms. The normalized spacial score (nSPS) is 15.2. The highest BCUT2D eigenvalue weighted by Crippen LogP contribution is 2.26. The van der Waals surface area contributed by atoms with Gasteiger partial charge in [0.2, 0.25) is 5.91 Å². The topological polar surface area (TPSA) is 49.6 Å². The van der Waals surface area contributed by atoms with Crippen LogP contribution in [0.25, 0.3) is 0 Å². The van der Waals surface area contributed by atoms with Gasteiger partial charge >= 0.3 is 0 Å². The first kappa shape index (κ1) is 16.0. The summed E-state index contributed by atoms with van der Waals surface area (Å²) < 4.78 is 0. The molecule has 1 aromatic carbocycles. The SMILES string of the molecule is CN(CC(=O)N1CCCc2ccccc21)CC(C)(C)CN. The molecule has 0 unspecified atom stereocenters. The molecule has 0 saturated heterocycles. The molecule has 0 aliphatic carbocycles. The molecular weight excluding hydrogens is 262 g/mol. The van der Waals surface area contributed by atoms with Gasteiger partial charge in [0.1, 0.15) is 0 Å². The maximum atomic E-state index is 12.6. The Morgan fingerprint density at radius 2 is 2.10 bits per heavy atom. The molecule has 1 amide bonds. The summed E-state index contributed by atoms with van der Waals surface area (Å²) in [5, 5.41) is 0. The van der Waals surface area contributed by atoms with Gasteiger partial charge in [-0.05, 0) is 43.5 Å². The Balaban J connectivity index is 2.02. The van der Waals surface area contributed by atoms with E-state index in [2.05, 4.69) is 30.9 Å². The van der Waals surface area contributed by atoms with Crippen molar-refractivity contribution in [1.29, 1.82) is 0 Å². The first-order valence-electron chi connectivity index (χ1n) is 7.70. The average Bonchev–Trinajstić information content (AvgIpc) is 2.46. The Labute approximate surface area is 127 Å². The number of amides is 1. The molecule has 0 aromatic heterocycles. The molecule has 0 radical (unpaired) electrons. The maximum absolute atomic E-state index is 12.6. The van der Waals surface area contributed by atoms with E-state index < -0.39 is 0 Å². The van der Waals surface area contributed by atoms with Crippen LogP contribution < -0.4 is 10.6 Å². The molecule has 1 aliphatic rings. The third-order valence-electron chi connectivity index (χ3n) is 4.07. The second-order valence-electron chi connectivity index (χ2n) is 6.82. The Bertz CT molecular complexity index is 499. The van der Waals surface area contributed by atoms with E-state index in [0.717, 1.165) is 31.6 Å². The quantitative estimate of drug-likeness (QED) is 0.900. The monoisotopic (exact) mass is 289 g/mol. The first-order chi connectivity index (χ1) is 9.93. The van der Waals surface area contributed by atoms with Crippen LogP contribution in [0, 0.1) is 5.41 Å². The van der Waals surface area contributed by atoms with Crippen LogP contribution in [0.15, 0.2) is 24.3 Å². The third-order valence-corrected chi connectivity index (χ3v) is 4.07. The maximum Gasteiger partial charge on any atom is 0.241 e. The van der Waals surface area contributed by atoms with Gasteiger partial charge in [0.05, 0.1) is 6.54 Å². The molecule has 1 aromatic rings. The predicted octanol–water partition coefficient (Wildman–Crippen LogP) is 1.88. The molecule has 1 heterocycles. The van der Waals surface area contributed by atoms with Gasteiger partial charge in [-0.3, -0.25) is 9.69 Å². The molecule has 1 aliphatic heterocycles. The van der Waals surface area contributed by atoms with Gasteiger partial charge in [0.25, 0.3) is 0 Å². The lowest BCUT2D eigenvalue weighted by atomic mass is 9.93. The van der Waals surface area contributed by atoms with Crippen molar-refractivity contribution >= 4 is 11.6 Å². The summed E-state index contributed by atoms with van der Waals surface area (Å²) in [6.45, 7) is 6.97. The number of aryl methyl sites for hydroxylation is 1. The summed E-state index contributed by atoms with van der Waals surface area (Å²) >= 11 is 0. The number of anilines is 1. The Kier molecular flexibility index (Phi) is 5.01. The Morgan fingerprint density at radius 3 is 2.81 bits per heavy atom. The number of para-hydroxylation sites is 1. The number of likely N-dealkylation sites (N-methyl/N-ethyl adjacent to an activating group) is 1. The predicted molar refractivity (Wildman–Crippen MR) is 87.4 cm³/mol. The van der Waals surface area contributed by atoms with Crippen molar-refractivity contribution in [2.24, 2.45) is 11.1 Å². The van der Waals surface area contributed by atoms with Gasteiger partial charge in [0, 0.05) is 18.8 Å². The standard InChI is InChI=1S/C17H27N3O/c1-17(2,12-18)13-19(3)11-16(21)20-10-6-8-14-7-4-5-9-15(14)20/h4-5,7,9H,6,8,10-13,18H2,1-3H3. The number of hydrogen-bond donors (Lipinski definition) is 1. The van der Waals surface area contributed by atoms with E-state index >= 15 is 0 Å². The Morgan fingerprint density at radius 1 is 1.38 bits per heavy atom. The lowest BCUT2D eigenvalue weighted by Gasteiger charge is -2.33. The minimum Gasteiger partial charge on any atom is -0.330 e. The minimum absolute atomic E-state index is 0.0365. The summed E-state index contributed by atoms with van der Waals surface area (Å²) in [7, 11) is 1.99. The molecule has 0 fully saturated rings. The molecule has 0 atom stereocenters. The summed E-state index contributed by atoms with van der Waals surface area (Å²) in [6, 6.07) is 8.22. The van der Waals surface area contributed by atoms with E-state index in [1.54, 1.807) is 0 Å². The number of carbonyl (C=O) groups excluding carboxylic acids is 1. The van der Waals surface area contributed by atoms with Crippen molar-refractivity contribution in [1.82, 2.24) is 4.90 Å². The van der Waals surface area contributed by atoms with Crippen LogP contribution >= 0.6 is 0 Å². The molecule has 21 heavy (non-hydrogen) atoms. The fourth-order valence-electron chi connectivity index (χ4n) is 2.96. The van der Waals surface area contributed by atoms with Gasteiger partial charge in [0.15, 0.2) is 0 Å². The lowest BCUT2D eigenvalue weighted by Crippen LogP contribution is -2.45. The van der Waals surface area contributed by atoms with E-state index in [-0.39, 0.29) is 11.3 Å². The summed E-state index contributed by atoms with van der Waals surface area (Å²) in [4.78, 5) is 16.6. The van der Waals surface area contributed by atoms with Crippen LogP contribution in [0.2, 0.25) is 0 Å². The molecule has 0 bridgehead atoms. The van der Waals surface area contributed by atoms with Crippen LogP contribution in [0.3, 0.4) is 0 Å². The number of carbonyl (C=O) groups is 1. The smallest absolute Gasteiger partial charge is 0.241 e. The van der Waals surface area contributed by atoms with E-state index in [0.29, 0.717) is 13.1 Å². The number of hydrogen-bond acceptors (Lipinski definition) is 3. The van der Waals surface area contributed by atoms with Crippen molar-refractivity contribution in [3.8, 4) is 0 Å². The molecule has 0 saturated carbocycles. The van der Waals surface area contributed by atoms with Crippen LogP contribution in [0.5, 0.6) is 0 Å². The fraction of sp³-hybridized carbons (Fsp3) is 0.588. The van der Waals surface area contributed by atoms with Gasteiger partial charge in [-0.1, -0.05) is 32.0 Å². The number of fused-ring (bicyclic) bond motifs is 1. The average molecular weight is 289 g/mol. The number of benzene rings is 1. The molecule has 2 rings (SSSR count).